The molecular formula is C15H25ClN2O4. The topological polar surface area (TPSA) is 82.8 Å². The van der Waals surface area contributed by atoms with Crippen molar-refractivity contribution in [2.75, 3.05) is 27.9 Å². The van der Waals surface area contributed by atoms with Gasteiger partial charge in [-0.05, 0) is 31.0 Å². The summed E-state index contributed by atoms with van der Waals surface area (Å²) in [7, 11) is 4.63. The molecule has 0 fully saturated rings. The number of hydrogen-bond donors (Lipinski definition) is 2. The van der Waals surface area contributed by atoms with Crippen LogP contribution in [0.2, 0.25) is 0 Å². The predicted octanol–water partition coefficient (Wildman–Crippen LogP) is 1.53. The summed E-state index contributed by atoms with van der Waals surface area (Å²) in [5.74, 6) is 1.52. The molecule has 0 bridgehead atoms. The van der Waals surface area contributed by atoms with Crippen LogP contribution in [-0.4, -0.2) is 39.8 Å². The highest BCUT2D eigenvalue weighted by Crippen LogP contribution is 2.38. The van der Waals surface area contributed by atoms with E-state index in [1.807, 2.05) is 6.92 Å². The van der Waals surface area contributed by atoms with E-state index in [9.17, 15) is 4.79 Å². The van der Waals surface area contributed by atoms with Crippen LogP contribution in [0.5, 0.6) is 17.2 Å². The number of nitrogens with one attached hydrogen (secondary N) is 1. The lowest BCUT2D eigenvalue weighted by Gasteiger charge is -2.14. The third-order valence-corrected chi connectivity index (χ3v) is 3.01. The number of methoxy groups -OCH3 is 3. The minimum atomic E-state index is -0.0649. The van der Waals surface area contributed by atoms with E-state index in [0.29, 0.717) is 23.8 Å². The summed E-state index contributed by atoms with van der Waals surface area (Å²) in [6, 6.07) is 3.62. The average Bonchev–Trinajstić information content (AvgIpc) is 2.45. The maximum atomic E-state index is 11.9. The molecule has 126 valence electrons. The van der Waals surface area contributed by atoms with Crippen LogP contribution in [0.25, 0.3) is 0 Å². The fraction of sp³-hybridized carbons (Fsp3) is 0.533. The predicted molar refractivity (Wildman–Crippen MR) is 88.3 cm³/mol. The Balaban J connectivity index is 0.00000441. The Morgan fingerprint density at radius 3 is 2.14 bits per heavy atom. The molecule has 0 aliphatic heterocycles. The van der Waals surface area contributed by atoms with Gasteiger partial charge >= 0.3 is 0 Å². The molecule has 1 aromatic carbocycles. The summed E-state index contributed by atoms with van der Waals surface area (Å²) in [6.45, 7) is 2.48. The number of rotatable bonds is 8. The molecule has 0 saturated heterocycles. The van der Waals surface area contributed by atoms with Crippen LogP contribution in [0.15, 0.2) is 12.1 Å². The molecule has 1 atom stereocenters. The third kappa shape index (κ3) is 5.99. The lowest BCUT2D eigenvalue weighted by atomic mass is 10.1. The minimum Gasteiger partial charge on any atom is -0.493 e. The largest absolute Gasteiger partial charge is 0.493 e. The molecule has 1 unspecified atom stereocenters. The molecular weight excluding hydrogens is 308 g/mol. The highest BCUT2D eigenvalue weighted by atomic mass is 35.5. The fourth-order valence-electron chi connectivity index (χ4n) is 1.92. The Kier molecular flexibility index (Phi) is 9.37. The lowest BCUT2D eigenvalue weighted by Crippen LogP contribution is -2.30. The van der Waals surface area contributed by atoms with Crippen LogP contribution in [-0.2, 0) is 11.2 Å². The van der Waals surface area contributed by atoms with Crippen molar-refractivity contribution in [2.24, 2.45) is 5.73 Å². The molecule has 0 spiro atoms. The number of amides is 1. The highest BCUT2D eigenvalue weighted by molar-refractivity contribution is 5.85. The normalized spacial score (nSPS) is 11.1. The van der Waals surface area contributed by atoms with Crippen LogP contribution in [0, 0.1) is 0 Å². The van der Waals surface area contributed by atoms with Gasteiger partial charge in [-0.2, -0.15) is 0 Å². The Morgan fingerprint density at radius 1 is 1.18 bits per heavy atom. The van der Waals surface area contributed by atoms with Crippen molar-refractivity contribution in [3.63, 3.8) is 0 Å². The van der Waals surface area contributed by atoms with Crippen molar-refractivity contribution in [1.82, 2.24) is 5.32 Å². The van der Waals surface area contributed by atoms with Gasteiger partial charge < -0.3 is 25.3 Å². The monoisotopic (exact) mass is 332 g/mol. The molecule has 0 saturated carbocycles. The molecule has 0 aliphatic carbocycles. The average molecular weight is 333 g/mol. The van der Waals surface area contributed by atoms with E-state index in [-0.39, 0.29) is 30.8 Å². The zero-order valence-electron chi connectivity index (χ0n) is 13.5. The molecule has 0 heterocycles. The third-order valence-electron chi connectivity index (χ3n) is 3.01. The molecule has 1 amide bonds. The number of nitrogens with two attached hydrogens (primary N) is 1. The number of benzene rings is 1. The Bertz CT molecular complexity index is 456. The molecule has 0 aliphatic rings. The SMILES string of the molecule is COc1cc(CC(=O)NCCC(C)N)cc(OC)c1OC.Cl. The van der Waals surface area contributed by atoms with E-state index in [1.54, 1.807) is 33.5 Å². The Morgan fingerprint density at radius 2 is 1.73 bits per heavy atom. The van der Waals surface area contributed by atoms with E-state index in [1.165, 1.54) is 0 Å². The number of ether oxygens (including phenoxy) is 3. The summed E-state index contributed by atoms with van der Waals surface area (Å²) < 4.78 is 15.8. The number of carbonyl (C=O) groups excluding carboxylic acids is 1. The van der Waals surface area contributed by atoms with Crippen molar-refractivity contribution in [3.05, 3.63) is 17.7 Å². The van der Waals surface area contributed by atoms with Crippen molar-refractivity contribution in [3.8, 4) is 17.2 Å². The van der Waals surface area contributed by atoms with Crippen LogP contribution in [0.1, 0.15) is 18.9 Å². The number of hydrogen-bond acceptors (Lipinski definition) is 5. The van der Waals surface area contributed by atoms with Crippen molar-refractivity contribution < 1.29 is 19.0 Å². The molecule has 0 aromatic heterocycles. The van der Waals surface area contributed by atoms with E-state index >= 15 is 0 Å². The van der Waals surface area contributed by atoms with E-state index < -0.39 is 0 Å². The first-order chi connectivity index (χ1) is 10.0. The molecule has 1 rings (SSSR count). The molecule has 6 nitrogen and oxygen atoms in total. The van der Waals surface area contributed by atoms with Crippen molar-refractivity contribution in [1.29, 1.82) is 0 Å². The second-order valence-electron chi connectivity index (χ2n) is 4.83. The summed E-state index contributed by atoms with van der Waals surface area (Å²) in [6.07, 6.45) is 0.997. The maximum Gasteiger partial charge on any atom is 0.224 e. The number of halogens is 1. The van der Waals surface area contributed by atoms with Gasteiger partial charge in [0.1, 0.15) is 0 Å². The van der Waals surface area contributed by atoms with Crippen molar-refractivity contribution >= 4 is 18.3 Å². The van der Waals surface area contributed by atoms with Crippen LogP contribution in [0.4, 0.5) is 0 Å². The van der Waals surface area contributed by atoms with Gasteiger partial charge in [0.2, 0.25) is 11.7 Å². The Labute approximate surface area is 137 Å². The zero-order valence-corrected chi connectivity index (χ0v) is 14.3. The Hall–Kier alpha value is -1.66. The summed E-state index contributed by atoms with van der Waals surface area (Å²) in [5.41, 5.74) is 6.43. The molecule has 7 heteroatoms. The van der Waals surface area contributed by atoms with E-state index in [0.717, 1.165) is 12.0 Å². The minimum absolute atomic E-state index is 0. The molecule has 1 aromatic rings. The van der Waals surface area contributed by atoms with Gasteiger partial charge in [-0.15, -0.1) is 12.4 Å². The quantitative estimate of drug-likeness (QED) is 0.754. The molecule has 0 radical (unpaired) electrons. The molecule has 3 N–H and O–H groups in total. The second-order valence-corrected chi connectivity index (χ2v) is 4.83. The highest BCUT2D eigenvalue weighted by Gasteiger charge is 2.14. The van der Waals surface area contributed by atoms with Gasteiger partial charge in [0.25, 0.3) is 0 Å². The van der Waals surface area contributed by atoms with Gasteiger partial charge in [-0.25, -0.2) is 0 Å². The standard InChI is InChI=1S/C15H24N2O4.ClH/c1-10(16)5-6-17-14(18)9-11-7-12(19-2)15(21-4)13(8-11)20-3;/h7-8,10H,5-6,9,16H2,1-4H3,(H,17,18);1H. The summed E-state index contributed by atoms with van der Waals surface area (Å²) >= 11 is 0. The molecule has 22 heavy (non-hydrogen) atoms. The zero-order chi connectivity index (χ0) is 15.8. The van der Waals surface area contributed by atoms with Gasteiger partial charge in [-0.3, -0.25) is 4.79 Å². The number of carbonyl (C=O) groups is 1. The summed E-state index contributed by atoms with van der Waals surface area (Å²) in [4.78, 5) is 11.9. The van der Waals surface area contributed by atoms with Crippen LogP contribution in [0.3, 0.4) is 0 Å². The summed E-state index contributed by atoms with van der Waals surface area (Å²) in [5, 5.41) is 2.83. The first-order valence-corrected chi connectivity index (χ1v) is 6.83. The van der Waals surface area contributed by atoms with Crippen LogP contribution >= 0.6 is 12.4 Å². The van der Waals surface area contributed by atoms with Gasteiger partial charge in [0, 0.05) is 12.6 Å². The second kappa shape index (κ2) is 10.1. The van der Waals surface area contributed by atoms with Crippen molar-refractivity contribution in [2.45, 2.75) is 25.8 Å². The first kappa shape index (κ1) is 20.3. The van der Waals surface area contributed by atoms with Gasteiger partial charge in [0.05, 0.1) is 27.8 Å². The van der Waals surface area contributed by atoms with Gasteiger partial charge in [-0.1, -0.05) is 0 Å². The van der Waals surface area contributed by atoms with Crippen LogP contribution < -0.4 is 25.3 Å². The first-order valence-electron chi connectivity index (χ1n) is 6.83. The fourth-order valence-corrected chi connectivity index (χ4v) is 1.92. The maximum absolute atomic E-state index is 11.9. The smallest absolute Gasteiger partial charge is 0.224 e. The van der Waals surface area contributed by atoms with E-state index in [4.69, 9.17) is 19.9 Å². The van der Waals surface area contributed by atoms with Gasteiger partial charge in [0.15, 0.2) is 11.5 Å². The van der Waals surface area contributed by atoms with E-state index in [2.05, 4.69) is 5.32 Å². The lowest BCUT2D eigenvalue weighted by molar-refractivity contribution is -0.120.